The lowest BCUT2D eigenvalue weighted by atomic mass is 9.96. The summed E-state index contributed by atoms with van der Waals surface area (Å²) in [5.74, 6) is 0.498. The minimum absolute atomic E-state index is 0.0733. The number of methoxy groups -OCH3 is 1. The van der Waals surface area contributed by atoms with Gasteiger partial charge < -0.3 is 24.8 Å². The Morgan fingerprint density at radius 3 is 2.50 bits per heavy atom. The maximum atomic E-state index is 12.1. The van der Waals surface area contributed by atoms with Crippen LogP contribution in [0.2, 0.25) is 0 Å². The number of anilines is 2. The molecule has 0 radical (unpaired) electrons. The number of rotatable bonds is 7. The number of nitrogens with one attached hydrogen (secondary N) is 2. The smallest absolute Gasteiger partial charge is 0.224 e. The van der Waals surface area contributed by atoms with Crippen LogP contribution in [0.5, 0.6) is 5.75 Å². The van der Waals surface area contributed by atoms with Gasteiger partial charge >= 0.3 is 0 Å². The maximum absolute atomic E-state index is 12.1. The van der Waals surface area contributed by atoms with Crippen molar-refractivity contribution in [1.29, 1.82) is 0 Å². The molecule has 0 spiro atoms. The lowest BCUT2D eigenvalue weighted by Crippen LogP contribution is -2.29. The molecule has 1 fully saturated rings. The number of hydrogen-bond donors (Lipinski definition) is 2. The second-order valence-corrected chi connectivity index (χ2v) is 9.67. The highest BCUT2D eigenvalue weighted by molar-refractivity contribution is 7.80. The van der Waals surface area contributed by atoms with Crippen LogP contribution in [-0.2, 0) is 4.79 Å². The molecule has 0 unspecified atom stereocenters. The Morgan fingerprint density at radius 2 is 1.82 bits per heavy atom. The van der Waals surface area contributed by atoms with E-state index in [2.05, 4.69) is 57.1 Å². The van der Waals surface area contributed by atoms with E-state index in [0.717, 1.165) is 34.0 Å². The van der Waals surface area contributed by atoms with Gasteiger partial charge in [0, 0.05) is 41.4 Å². The SMILES string of the molecule is CCC(=O)Nc1ccc(N2C(=S)N[C@@H](c3ccccn3)[C@H]2c2cc(C)n(-c3ccccc3)c2C)cc1OC. The Balaban J connectivity index is 1.64. The number of aromatic nitrogens is 2. The zero-order valence-electron chi connectivity index (χ0n) is 21.9. The molecule has 2 atom stereocenters. The van der Waals surface area contributed by atoms with Gasteiger partial charge in [0.1, 0.15) is 5.75 Å². The largest absolute Gasteiger partial charge is 0.494 e. The Kier molecular flexibility index (Phi) is 7.15. The highest BCUT2D eigenvalue weighted by Crippen LogP contribution is 2.45. The highest BCUT2D eigenvalue weighted by atomic mass is 32.1. The first-order valence-corrected chi connectivity index (χ1v) is 13.1. The van der Waals surface area contributed by atoms with Gasteiger partial charge in [-0.15, -0.1) is 0 Å². The molecular weight excluding hydrogens is 494 g/mol. The first kappa shape index (κ1) is 25.5. The quantitative estimate of drug-likeness (QED) is 0.288. The molecule has 194 valence electrons. The van der Waals surface area contributed by atoms with E-state index < -0.39 is 0 Å². The van der Waals surface area contributed by atoms with Crippen molar-refractivity contribution in [3.8, 4) is 11.4 Å². The Morgan fingerprint density at radius 1 is 1.05 bits per heavy atom. The average molecular weight is 526 g/mol. The van der Waals surface area contributed by atoms with Gasteiger partial charge in [0.2, 0.25) is 5.91 Å². The number of thiocarbonyl (C=S) groups is 1. The number of ether oxygens (including phenoxy) is 1. The van der Waals surface area contributed by atoms with Crippen LogP contribution in [0.3, 0.4) is 0 Å². The van der Waals surface area contributed by atoms with Gasteiger partial charge in [-0.05, 0) is 74.1 Å². The Labute approximate surface area is 228 Å². The molecule has 7 nitrogen and oxygen atoms in total. The van der Waals surface area contributed by atoms with Crippen LogP contribution in [0.4, 0.5) is 11.4 Å². The van der Waals surface area contributed by atoms with Crippen LogP contribution >= 0.6 is 12.2 Å². The van der Waals surface area contributed by atoms with Crippen LogP contribution in [0.25, 0.3) is 5.69 Å². The number of para-hydroxylation sites is 1. The number of carbonyl (C=O) groups excluding carboxylic acids is 1. The third kappa shape index (κ3) is 4.63. The molecule has 2 N–H and O–H groups in total. The summed E-state index contributed by atoms with van der Waals surface area (Å²) in [5, 5.41) is 7.04. The van der Waals surface area contributed by atoms with E-state index >= 15 is 0 Å². The molecule has 2 aromatic carbocycles. The molecule has 1 aliphatic rings. The van der Waals surface area contributed by atoms with Gasteiger partial charge in [-0.1, -0.05) is 31.2 Å². The molecule has 0 aliphatic carbocycles. The van der Waals surface area contributed by atoms with Gasteiger partial charge in [0.25, 0.3) is 0 Å². The first-order valence-electron chi connectivity index (χ1n) is 12.7. The van der Waals surface area contributed by atoms with Crippen molar-refractivity contribution in [3.63, 3.8) is 0 Å². The molecule has 2 aromatic heterocycles. The summed E-state index contributed by atoms with van der Waals surface area (Å²) >= 11 is 5.92. The summed E-state index contributed by atoms with van der Waals surface area (Å²) in [5.41, 5.74) is 6.93. The fourth-order valence-corrected chi connectivity index (χ4v) is 5.53. The summed E-state index contributed by atoms with van der Waals surface area (Å²) in [4.78, 5) is 18.9. The summed E-state index contributed by atoms with van der Waals surface area (Å²) in [6, 6.07) is 23.9. The van der Waals surface area contributed by atoms with Crippen LogP contribution in [0.15, 0.2) is 79.0 Å². The first-order chi connectivity index (χ1) is 18.4. The fourth-order valence-electron chi connectivity index (χ4n) is 5.18. The van der Waals surface area contributed by atoms with Gasteiger partial charge in [0.15, 0.2) is 5.11 Å². The third-order valence-corrected chi connectivity index (χ3v) is 7.27. The van der Waals surface area contributed by atoms with Gasteiger partial charge in [-0.3, -0.25) is 9.78 Å². The predicted molar refractivity (Wildman–Crippen MR) is 155 cm³/mol. The molecule has 4 aromatic rings. The topological polar surface area (TPSA) is 71.4 Å². The lowest BCUT2D eigenvalue weighted by molar-refractivity contribution is -0.115. The van der Waals surface area contributed by atoms with Crippen molar-refractivity contribution in [2.24, 2.45) is 0 Å². The van der Waals surface area contributed by atoms with E-state index in [9.17, 15) is 4.79 Å². The minimum Gasteiger partial charge on any atom is -0.494 e. The molecular formula is C30H31N5O2S. The highest BCUT2D eigenvalue weighted by Gasteiger charge is 2.42. The number of amides is 1. The second kappa shape index (κ2) is 10.7. The zero-order valence-corrected chi connectivity index (χ0v) is 22.8. The van der Waals surface area contributed by atoms with Gasteiger partial charge in [-0.2, -0.15) is 0 Å². The van der Waals surface area contributed by atoms with Crippen molar-refractivity contribution in [3.05, 3.63) is 102 Å². The zero-order chi connectivity index (χ0) is 26.8. The van der Waals surface area contributed by atoms with E-state index in [-0.39, 0.29) is 18.0 Å². The van der Waals surface area contributed by atoms with Crippen LogP contribution in [-0.4, -0.2) is 27.7 Å². The van der Waals surface area contributed by atoms with Crippen molar-refractivity contribution in [2.45, 2.75) is 39.3 Å². The van der Waals surface area contributed by atoms with Crippen molar-refractivity contribution >= 4 is 34.6 Å². The summed E-state index contributed by atoms with van der Waals surface area (Å²) in [6.07, 6.45) is 2.19. The number of carbonyl (C=O) groups is 1. The van der Waals surface area contributed by atoms with Crippen molar-refractivity contribution in [2.75, 3.05) is 17.3 Å². The molecule has 1 amide bonds. The number of benzene rings is 2. The summed E-state index contributed by atoms with van der Waals surface area (Å²) < 4.78 is 7.93. The molecule has 1 aliphatic heterocycles. The monoisotopic (exact) mass is 525 g/mol. The number of hydrogen-bond acceptors (Lipinski definition) is 4. The lowest BCUT2D eigenvalue weighted by Gasteiger charge is -2.29. The number of nitrogens with zero attached hydrogens (tertiary/aromatic N) is 3. The normalized spacial score (nSPS) is 16.8. The molecule has 1 saturated heterocycles. The number of pyridine rings is 1. The fraction of sp³-hybridized carbons (Fsp3) is 0.233. The molecule has 8 heteroatoms. The molecule has 0 saturated carbocycles. The molecule has 5 rings (SSSR count). The van der Waals surface area contributed by atoms with Gasteiger partial charge in [0.05, 0.1) is 30.6 Å². The maximum Gasteiger partial charge on any atom is 0.224 e. The Bertz CT molecular complexity index is 1470. The van der Waals surface area contributed by atoms with Crippen molar-refractivity contribution < 1.29 is 9.53 Å². The van der Waals surface area contributed by atoms with E-state index in [4.69, 9.17) is 17.0 Å². The number of aryl methyl sites for hydroxylation is 1. The summed E-state index contributed by atoms with van der Waals surface area (Å²) in [7, 11) is 1.60. The average Bonchev–Trinajstić information content (AvgIpc) is 3.44. The van der Waals surface area contributed by atoms with E-state index in [1.54, 1.807) is 13.3 Å². The summed E-state index contributed by atoms with van der Waals surface area (Å²) in [6.45, 7) is 6.09. The van der Waals surface area contributed by atoms with E-state index in [1.807, 2.05) is 61.5 Å². The van der Waals surface area contributed by atoms with Crippen LogP contribution in [0.1, 0.15) is 48.1 Å². The third-order valence-electron chi connectivity index (χ3n) is 6.96. The van der Waals surface area contributed by atoms with Crippen LogP contribution in [0, 0.1) is 13.8 Å². The molecule has 38 heavy (non-hydrogen) atoms. The standard InChI is InChI=1S/C30H31N5O2S/c1-5-27(36)32-24-15-14-22(18-26(24)37-4)35-29(28(33-30(35)38)25-13-9-10-16-31-25)23-17-19(2)34(20(23)3)21-11-7-6-8-12-21/h6-18,28-29H,5H2,1-4H3,(H,32,36)(H,33,38)/t28-,29+/m0/s1. The van der Waals surface area contributed by atoms with Crippen LogP contribution < -0.4 is 20.3 Å². The molecule has 0 bridgehead atoms. The predicted octanol–water partition coefficient (Wildman–Crippen LogP) is 6.02. The van der Waals surface area contributed by atoms with E-state index in [0.29, 0.717) is 23.0 Å². The van der Waals surface area contributed by atoms with E-state index in [1.165, 1.54) is 0 Å². The Hall–Kier alpha value is -4.17. The van der Waals surface area contributed by atoms with Gasteiger partial charge in [-0.25, -0.2) is 0 Å². The minimum atomic E-state index is -0.168. The van der Waals surface area contributed by atoms with Crippen molar-refractivity contribution in [1.82, 2.24) is 14.9 Å². The second-order valence-electron chi connectivity index (χ2n) is 9.28. The molecule has 3 heterocycles.